The van der Waals surface area contributed by atoms with Gasteiger partial charge in [0, 0.05) is 60.7 Å². The summed E-state index contributed by atoms with van der Waals surface area (Å²) in [7, 11) is 0. The first-order chi connectivity index (χ1) is 32.6. The van der Waals surface area contributed by atoms with Gasteiger partial charge in [-0.1, -0.05) is 183 Å². The van der Waals surface area contributed by atoms with Crippen molar-refractivity contribution in [2.45, 2.75) is 6.92 Å². The van der Waals surface area contributed by atoms with E-state index in [9.17, 15) is 0 Å². The van der Waals surface area contributed by atoms with Crippen LogP contribution in [0.5, 0.6) is 0 Å². The number of para-hydroxylation sites is 1. The average Bonchev–Trinajstić information content (AvgIpc) is 3.67. The molecule has 3 heterocycles. The van der Waals surface area contributed by atoms with Gasteiger partial charge >= 0.3 is 0 Å². The number of allylic oxidation sites excluding steroid dienone is 2. The van der Waals surface area contributed by atoms with E-state index in [1.54, 1.807) is 0 Å². The summed E-state index contributed by atoms with van der Waals surface area (Å²) in [6, 6.07) is 70.4. The predicted molar refractivity (Wildman–Crippen MR) is 276 cm³/mol. The molecule has 0 aliphatic heterocycles. The lowest BCUT2D eigenvalue weighted by Gasteiger charge is -2.14. The molecule has 0 saturated heterocycles. The van der Waals surface area contributed by atoms with Crippen LogP contribution in [0.15, 0.2) is 219 Å². The van der Waals surface area contributed by atoms with E-state index in [0.717, 1.165) is 88.6 Å². The number of nitrogens with zero attached hydrogens (tertiary/aromatic N) is 5. The summed E-state index contributed by atoms with van der Waals surface area (Å²) >= 11 is 0. The highest BCUT2D eigenvalue weighted by Gasteiger charge is 2.21. The Morgan fingerprint density at radius 2 is 0.970 bits per heavy atom. The Balaban J connectivity index is 1.02. The Bertz CT molecular complexity index is 3790. The molecule has 0 spiro atoms. The van der Waals surface area contributed by atoms with Gasteiger partial charge < -0.3 is 4.57 Å². The van der Waals surface area contributed by atoms with E-state index in [1.807, 2.05) is 12.2 Å². The third kappa shape index (κ3) is 6.73. The van der Waals surface area contributed by atoms with Crippen LogP contribution in [0.2, 0.25) is 0 Å². The lowest BCUT2D eigenvalue weighted by molar-refractivity contribution is 1.05. The molecule has 0 fully saturated rings. The van der Waals surface area contributed by atoms with Crippen molar-refractivity contribution in [3.63, 3.8) is 0 Å². The number of fused-ring (bicyclic) bond motifs is 7. The fourth-order valence-corrected chi connectivity index (χ4v) is 9.53. The van der Waals surface area contributed by atoms with Crippen LogP contribution in [0, 0.1) is 6.92 Å². The highest BCUT2D eigenvalue weighted by atomic mass is 15.0. The fourth-order valence-electron chi connectivity index (χ4n) is 9.53. The first-order valence-electron chi connectivity index (χ1n) is 22.2. The smallest absolute Gasteiger partial charge is 0.164 e. The van der Waals surface area contributed by atoms with Crippen molar-refractivity contribution < 1.29 is 0 Å². The summed E-state index contributed by atoms with van der Waals surface area (Å²) in [5.41, 5.74) is 12.5. The molecule has 9 aromatic carbocycles. The van der Waals surface area contributed by atoms with Crippen LogP contribution in [0.3, 0.4) is 0 Å². The number of benzene rings is 9. The maximum absolute atomic E-state index is 5.38. The third-order valence-corrected chi connectivity index (χ3v) is 12.8. The molecule has 66 heavy (non-hydrogen) atoms. The van der Waals surface area contributed by atoms with Crippen molar-refractivity contribution in [2.24, 2.45) is 0 Å². The third-order valence-electron chi connectivity index (χ3n) is 12.8. The second-order valence-corrected chi connectivity index (χ2v) is 16.7. The topological polar surface area (TPSA) is 56.5 Å². The van der Waals surface area contributed by atoms with Gasteiger partial charge in [-0.05, 0) is 82.1 Å². The zero-order valence-corrected chi connectivity index (χ0v) is 36.2. The fraction of sp³-hybridized carbons (Fsp3) is 0.0164. The SMILES string of the molecule is C=C/C=C\c1c(C)n(-c2ccccc2)c2ccc3c(-c4ccccc4)nc4ccc(-c5ccc(-c6nc(-c7ccc8ccccc8c7)nc(-c7ccc8ccccc8c7)n6)cc5)cc4c3c12. The van der Waals surface area contributed by atoms with Gasteiger partial charge in [-0.25, -0.2) is 19.9 Å². The number of aromatic nitrogens is 5. The molecule has 0 atom stereocenters. The summed E-state index contributed by atoms with van der Waals surface area (Å²) < 4.78 is 2.37. The molecule has 0 bridgehead atoms. The molecule has 3 aromatic heterocycles. The van der Waals surface area contributed by atoms with Crippen LogP contribution in [0.1, 0.15) is 11.3 Å². The van der Waals surface area contributed by atoms with Crippen molar-refractivity contribution in [1.82, 2.24) is 24.5 Å². The lowest BCUT2D eigenvalue weighted by atomic mass is 9.93. The summed E-state index contributed by atoms with van der Waals surface area (Å²) in [5.74, 6) is 1.88. The molecule has 0 aliphatic carbocycles. The second-order valence-electron chi connectivity index (χ2n) is 16.7. The minimum absolute atomic E-state index is 0.616. The van der Waals surface area contributed by atoms with E-state index >= 15 is 0 Å². The maximum Gasteiger partial charge on any atom is 0.164 e. The number of hydrogen-bond acceptors (Lipinski definition) is 4. The molecule has 0 saturated carbocycles. The zero-order valence-electron chi connectivity index (χ0n) is 36.2. The molecular formula is C61H41N5. The lowest BCUT2D eigenvalue weighted by Crippen LogP contribution is -2.00. The Hall–Kier alpha value is -8.80. The van der Waals surface area contributed by atoms with Crippen LogP contribution in [0.4, 0.5) is 0 Å². The predicted octanol–water partition coefficient (Wildman–Crippen LogP) is 15.7. The van der Waals surface area contributed by atoms with Crippen LogP contribution in [-0.2, 0) is 0 Å². The van der Waals surface area contributed by atoms with Gasteiger partial charge in [0.05, 0.1) is 16.7 Å². The molecule has 0 radical (unpaired) electrons. The molecule has 12 aromatic rings. The van der Waals surface area contributed by atoms with Gasteiger partial charge in [0.25, 0.3) is 0 Å². The Morgan fingerprint density at radius 3 is 1.61 bits per heavy atom. The maximum atomic E-state index is 5.38. The molecule has 12 rings (SSSR count). The molecule has 0 unspecified atom stereocenters. The zero-order chi connectivity index (χ0) is 44.1. The Labute approximate surface area is 382 Å². The van der Waals surface area contributed by atoms with Crippen LogP contribution >= 0.6 is 0 Å². The number of pyridine rings is 1. The number of hydrogen-bond donors (Lipinski definition) is 0. The van der Waals surface area contributed by atoms with Gasteiger partial charge in [-0.15, -0.1) is 0 Å². The minimum atomic E-state index is 0.616. The van der Waals surface area contributed by atoms with Gasteiger partial charge in [0.15, 0.2) is 17.5 Å². The average molecular weight is 844 g/mol. The van der Waals surface area contributed by atoms with Crippen molar-refractivity contribution in [1.29, 1.82) is 0 Å². The van der Waals surface area contributed by atoms with Gasteiger partial charge in [0.2, 0.25) is 0 Å². The van der Waals surface area contributed by atoms with E-state index in [4.69, 9.17) is 19.9 Å². The van der Waals surface area contributed by atoms with Gasteiger partial charge in [0.1, 0.15) is 0 Å². The summed E-state index contributed by atoms with van der Waals surface area (Å²) in [6.45, 7) is 6.23. The second kappa shape index (κ2) is 16.1. The van der Waals surface area contributed by atoms with Crippen molar-refractivity contribution in [2.75, 3.05) is 0 Å². The van der Waals surface area contributed by atoms with Crippen LogP contribution in [-0.4, -0.2) is 24.5 Å². The molecular weight excluding hydrogens is 803 g/mol. The van der Waals surface area contributed by atoms with E-state index in [2.05, 4.69) is 224 Å². The van der Waals surface area contributed by atoms with Crippen LogP contribution in [0.25, 0.3) is 122 Å². The number of rotatable bonds is 8. The normalized spacial score (nSPS) is 11.7. The highest BCUT2D eigenvalue weighted by molar-refractivity contribution is 6.25. The Morgan fingerprint density at radius 1 is 0.424 bits per heavy atom. The minimum Gasteiger partial charge on any atom is -0.313 e. The summed E-state index contributed by atoms with van der Waals surface area (Å²) in [4.78, 5) is 20.7. The molecule has 5 nitrogen and oxygen atoms in total. The first kappa shape index (κ1) is 38.8. The quantitative estimate of drug-likeness (QED) is 0.113. The largest absolute Gasteiger partial charge is 0.313 e. The van der Waals surface area contributed by atoms with E-state index in [1.165, 1.54) is 21.5 Å². The molecule has 0 amide bonds. The highest BCUT2D eigenvalue weighted by Crippen LogP contribution is 2.43. The monoisotopic (exact) mass is 843 g/mol. The summed E-state index contributed by atoms with van der Waals surface area (Å²) in [5, 5.41) is 9.16. The molecule has 310 valence electrons. The van der Waals surface area contributed by atoms with Gasteiger partial charge in [-0.2, -0.15) is 0 Å². The van der Waals surface area contributed by atoms with E-state index < -0.39 is 0 Å². The summed E-state index contributed by atoms with van der Waals surface area (Å²) in [6.07, 6.45) is 6.07. The van der Waals surface area contributed by atoms with Crippen molar-refractivity contribution >= 4 is 60.2 Å². The standard InChI is InChI=1S/C61H41N5/c1-3-4-23-51-39(2)66(50-21-9-6-10-22-50)55-35-33-52-56(57(51)55)53-38-47(32-34-54(53)62-58(52)43-17-7-5-8-18-43)42-24-28-44(29-25-42)59-63-60(48-30-26-40-15-11-13-19-45(40)36-48)65-61(64-59)49-31-27-41-16-12-14-20-46(41)37-49/h3-38H,1H2,2H3/b23-4-. The first-order valence-corrected chi connectivity index (χ1v) is 22.2. The Kier molecular flexibility index (Phi) is 9.46. The van der Waals surface area contributed by atoms with E-state index in [-0.39, 0.29) is 0 Å². The van der Waals surface area contributed by atoms with Crippen molar-refractivity contribution in [3.05, 3.63) is 230 Å². The molecule has 0 N–H and O–H groups in total. The molecule has 5 heteroatoms. The van der Waals surface area contributed by atoms with Crippen molar-refractivity contribution in [3.8, 4) is 62.2 Å². The van der Waals surface area contributed by atoms with Gasteiger partial charge in [-0.3, -0.25) is 0 Å². The molecule has 0 aliphatic rings. The van der Waals surface area contributed by atoms with E-state index in [0.29, 0.717) is 17.5 Å². The van der Waals surface area contributed by atoms with Crippen LogP contribution < -0.4 is 0 Å².